The van der Waals surface area contributed by atoms with Crippen LogP contribution in [0.15, 0.2) is 48.8 Å². The van der Waals surface area contributed by atoms with Crippen LogP contribution in [0, 0.1) is 0 Å². The molecule has 3 nitrogen and oxygen atoms in total. The Labute approximate surface area is 127 Å². The zero-order valence-corrected chi connectivity index (χ0v) is 12.4. The Balaban J connectivity index is 1.89. The standard InChI is InChI=1S/C15H13ClN2OS/c1-18-14(19)13(10-4-6-12(16)7-5-10)20-15(18)11-3-2-8-17-9-11/h2-9,13,15H,1H3/t13-,15+/m1/s1. The van der Waals surface area contributed by atoms with Crippen LogP contribution in [-0.2, 0) is 4.79 Å². The maximum Gasteiger partial charge on any atom is 0.241 e. The van der Waals surface area contributed by atoms with Crippen LogP contribution < -0.4 is 0 Å². The lowest BCUT2D eigenvalue weighted by molar-refractivity contribution is -0.128. The van der Waals surface area contributed by atoms with Crippen molar-refractivity contribution in [2.75, 3.05) is 7.05 Å². The average Bonchev–Trinajstić information content (AvgIpc) is 2.77. The van der Waals surface area contributed by atoms with E-state index in [0.29, 0.717) is 5.02 Å². The van der Waals surface area contributed by atoms with E-state index in [1.165, 1.54) is 0 Å². The highest BCUT2D eigenvalue weighted by Crippen LogP contribution is 2.49. The number of likely N-dealkylation sites (N-methyl/N-ethyl adjacent to an activating group) is 1. The predicted octanol–water partition coefficient (Wildman–Crippen LogP) is 3.68. The summed E-state index contributed by atoms with van der Waals surface area (Å²) in [7, 11) is 1.84. The zero-order valence-electron chi connectivity index (χ0n) is 10.9. The molecule has 3 rings (SSSR count). The Bertz CT molecular complexity index is 618. The first-order chi connectivity index (χ1) is 9.66. The molecular weight excluding hydrogens is 292 g/mol. The summed E-state index contributed by atoms with van der Waals surface area (Å²) in [5.41, 5.74) is 2.03. The topological polar surface area (TPSA) is 33.2 Å². The molecule has 1 amide bonds. The second kappa shape index (κ2) is 5.46. The van der Waals surface area contributed by atoms with Crippen molar-refractivity contribution in [2.24, 2.45) is 0 Å². The Hall–Kier alpha value is -1.52. The van der Waals surface area contributed by atoms with Crippen LogP contribution >= 0.6 is 23.4 Å². The average molecular weight is 305 g/mol. The third-order valence-electron chi connectivity index (χ3n) is 3.33. The monoisotopic (exact) mass is 304 g/mol. The maximum atomic E-state index is 12.4. The Morgan fingerprint density at radius 2 is 1.95 bits per heavy atom. The fraction of sp³-hybridized carbons (Fsp3) is 0.200. The molecule has 1 aliphatic rings. The maximum absolute atomic E-state index is 12.4. The van der Waals surface area contributed by atoms with E-state index in [9.17, 15) is 4.79 Å². The largest absolute Gasteiger partial charge is 0.328 e. The number of rotatable bonds is 2. The Kier molecular flexibility index (Phi) is 3.68. The highest BCUT2D eigenvalue weighted by atomic mass is 35.5. The first kappa shape index (κ1) is 13.5. The minimum absolute atomic E-state index is 0.0110. The number of benzene rings is 1. The van der Waals surface area contributed by atoms with E-state index in [2.05, 4.69) is 4.98 Å². The second-order valence-electron chi connectivity index (χ2n) is 4.66. The van der Waals surface area contributed by atoms with E-state index in [4.69, 9.17) is 11.6 Å². The molecule has 1 aromatic carbocycles. The van der Waals surface area contributed by atoms with Gasteiger partial charge in [-0.25, -0.2) is 0 Å². The molecule has 0 spiro atoms. The number of hydrogen-bond donors (Lipinski definition) is 0. The van der Waals surface area contributed by atoms with E-state index < -0.39 is 0 Å². The van der Waals surface area contributed by atoms with Crippen molar-refractivity contribution in [3.05, 3.63) is 64.9 Å². The number of halogens is 1. The second-order valence-corrected chi connectivity index (χ2v) is 6.28. The molecule has 0 radical (unpaired) electrons. The van der Waals surface area contributed by atoms with E-state index in [1.807, 2.05) is 49.6 Å². The van der Waals surface area contributed by atoms with E-state index >= 15 is 0 Å². The molecule has 1 saturated heterocycles. The van der Waals surface area contributed by atoms with Gasteiger partial charge in [0.15, 0.2) is 0 Å². The van der Waals surface area contributed by atoms with Crippen molar-refractivity contribution in [3.8, 4) is 0 Å². The number of thioether (sulfide) groups is 1. The van der Waals surface area contributed by atoms with Crippen LogP contribution in [0.4, 0.5) is 0 Å². The predicted molar refractivity (Wildman–Crippen MR) is 81.5 cm³/mol. The summed E-state index contributed by atoms with van der Waals surface area (Å²) >= 11 is 7.53. The third kappa shape index (κ3) is 2.41. The van der Waals surface area contributed by atoms with Gasteiger partial charge in [0.2, 0.25) is 5.91 Å². The van der Waals surface area contributed by atoms with Crippen LogP contribution in [0.2, 0.25) is 5.02 Å². The van der Waals surface area contributed by atoms with Crippen LogP contribution in [-0.4, -0.2) is 22.8 Å². The van der Waals surface area contributed by atoms with Gasteiger partial charge in [0.25, 0.3) is 0 Å². The van der Waals surface area contributed by atoms with Crippen LogP contribution in [0.5, 0.6) is 0 Å². The molecule has 102 valence electrons. The van der Waals surface area contributed by atoms with Crippen molar-refractivity contribution in [2.45, 2.75) is 10.6 Å². The smallest absolute Gasteiger partial charge is 0.241 e. The first-order valence-electron chi connectivity index (χ1n) is 6.24. The van der Waals surface area contributed by atoms with Gasteiger partial charge in [-0.3, -0.25) is 9.78 Å². The lowest BCUT2D eigenvalue weighted by Crippen LogP contribution is -2.24. The Morgan fingerprint density at radius 1 is 1.20 bits per heavy atom. The molecule has 0 aliphatic carbocycles. The molecule has 1 aromatic heterocycles. The molecule has 0 bridgehead atoms. The van der Waals surface area contributed by atoms with Crippen LogP contribution in [0.1, 0.15) is 21.8 Å². The minimum atomic E-state index is -0.178. The summed E-state index contributed by atoms with van der Waals surface area (Å²) in [5, 5.41) is 0.515. The molecular formula is C15H13ClN2OS. The van der Waals surface area contributed by atoms with Crippen molar-refractivity contribution in [3.63, 3.8) is 0 Å². The highest BCUT2D eigenvalue weighted by molar-refractivity contribution is 8.00. The number of hydrogen-bond acceptors (Lipinski definition) is 3. The van der Waals surface area contributed by atoms with Crippen molar-refractivity contribution in [1.82, 2.24) is 9.88 Å². The quantitative estimate of drug-likeness (QED) is 0.848. The summed E-state index contributed by atoms with van der Waals surface area (Å²) in [6, 6.07) is 11.4. The lowest BCUT2D eigenvalue weighted by atomic mass is 10.1. The number of amides is 1. The van der Waals surface area contributed by atoms with Gasteiger partial charge in [0.05, 0.1) is 0 Å². The highest BCUT2D eigenvalue weighted by Gasteiger charge is 2.39. The fourth-order valence-corrected chi connectivity index (χ4v) is 3.83. The number of carbonyl (C=O) groups is 1. The van der Waals surface area contributed by atoms with Gasteiger partial charge < -0.3 is 4.90 Å². The van der Waals surface area contributed by atoms with E-state index in [0.717, 1.165) is 11.1 Å². The summed E-state index contributed by atoms with van der Waals surface area (Å²) < 4.78 is 0. The van der Waals surface area contributed by atoms with Gasteiger partial charge in [0, 0.05) is 30.0 Å². The molecule has 2 aromatic rings. The number of carbonyl (C=O) groups excluding carboxylic acids is 1. The summed E-state index contributed by atoms with van der Waals surface area (Å²) in [5.74, 6) is 0.117. The van der Waals surface area contributed by atoms with Gasteiger partial charge in [-0.05, 0) is 23.8 Å². The number of pyridine rings is 1. The number of nitrogens with zero attached hydrogens (tertiary/aromatic N) is 2. The summed E-state index contributed by atoms with van der Waals surface area (Å²) in [6.45, 7) is 0. The fourth-order valence-electron chi connectivity index (χ4n) is 2.26. The normalized spacial score (nSPS) is 22.3. The zero-order chi connectivity index (χ0) is 14.1. The summed E-state index contributed by atoms with van der Waals surface area (Å²) in [6.07, 6.45) is 3.55. The molecule has 0 saturated carbocycles. The van der Waals surface area contributed by atoms with Gasteiger partial charge in [-0.2, -0.15) is 0 Å². The molecule has 0 unspecified atom stereocenters. The molecule has 1 fully saturated rings. The van der Waals surface area contributed by atoms with Crippen molar-refractivity contribution in [1.29, 1.82) is 0 Å². The molecule has 2 heterocycles. The molecule has 2 atom stereocenters. The lowest BCUT2D eigenvalue weighted by Gasteiger charge is -2.18. The van der Waals surface area contributed by atoms with Crippen molar-refractivity contribution < 1.29 is 4.79 Å². The van der Waals surface area contributed by atoms with Crippen LogP contribution in [0.3, 0.4) is 0 Å². The SMILES string of the molecule is CN1C(=O)[C@@H](c2ccc(Cl)cc2)S[C@H]1c1cccnc1. The first-order valence-corrected chi connectivity index (χ1v) is 7.56. The molecule has 0 N–H and O–H groups in total. The molecule has 1 aliphatic heterocycles. The van der Waals surface area contributed by atoms with Gasteiger partial charge >= 0.3 is 0 Å². The third-order valence-corrected chi connectivity index (χ3v) is 5.18. The van der Waals surface area contributed by atoms with Gasteiger partial charge in [-0.1, -0.05) is 29.8 Å². The van der Waals surface area contributed by atoms with Crippen molar-refractivity contribution >= 4 is 29.3 Å². The van der Waals surface area contributed by atoms with Gasteiger partial charge in [-0.15, -0.1) is 11.8 Å². The summed E-state index contributed by atoms with van der Waals surface area (Å²) in [4.78, 5) is 18.3. The Morgan fingerprint density at radius 3 is 2.60 bits per heavy atom. The molecule has 5 heteroatoms. The van der Waals surface area contributed by atoms with E-state index in [-0.39, 0.29) is 16.5 Å². The minimum Gasteiger partial charge on any atom is -0.328 e. The van der Waals surface area contributed by atoms with Crippen LogP contribution in [0.25, 0.3) is 0 Å². The molecule has 20 heavy (non-hydrogen) atoms. The van der Waals surface area contributed by atoms with Gasteiger partial charge in [0.1, 0.15) is 10.6 Å². The van der Waals surface area contributed by atoms with E-state index in [1.54, 1.807) is 22.9 Å². The number of aromatic nitrogens is 1.